The van der Waals surface area contributed by atoms with Crippen molar-refractivity contribution in [2.75, 3.05) is 7.11 Å². The van der Waals surface area contributed by atoms with Gasteiger partial charge in [-0.15, -0.1) is 0 Å². The molecule has 2 heteroatoms. The molecular weight excluding hydrogens is 119 g/mol. The summed E-state index contributed by atoms with van der Waals surface area (Å²) >= 11 is 0. The van der Waals surface area contributed by atoms with E-state index in [9.17, 15) is 0 Å². The molecule has 0 saturated heterocycles. The molecule has 0 saturated carbocycles. The Morgan fingerprint density at radius 3 is 2.40 bits per heavy atom. The van der Waals surface area contributed by atoms with Crippen molar-refractivity contribution in [1.82, 2.24) is 0 Å². The Bertz CT molecular complexity index is 129. The summed E-state index contributed by atoms with van der Waals surface area (Å²) in [6.07, 6.45) is 6.47. The van der Waals surface area contributed by atoms with Crippen LogP contribution in [0.15, 0.2) is 6.08 Å². The standard InChI is InChI=1S/C8H13O.Li/c1-8(2)6-4-5-7(8)9-3;/h5,7H,6H2,1-3H3;/q-1;+1. The van der Waals surface area contributed by atoms with Crippen molar-refractivity contribution < 1.29 is 23.6 Å². The van der Waals surface area contributed by atoms with Crippen LogP contribution in [0.3, 0.4) is 0 Å². The third kappa shape index (κ3) is 1.89. The minimum Gasteiger partial charge on any atom is -0.497 e. The molecule has 0 radical (unpaired) electrons. The maximum atomic E-state index is 5.21. The maximum absolute atomic E-state index is 5.21. The Morgan fingerprint density at radius 2 is 2.20 bits per heavy atom. The first-order valence-corrected chi connectivity index (χ1v) is 3.26. The van der Waals surface area contributed by atoms with Crippen LogP contribution in [0.25, 0.3) is 0 Å². The summed E-state index contributed by atoms with van der Waals surface area (Å²) < 4.78 is 5.21. The van der Waals surface area contributed by atoms with Gasteiger partial charge < -0.3 is 10.8 Å². The van der Waals surface area contributed by atoms with Crippen molar-refractivity contribution in [3.8, 4) is 0 Å². The Labute approximate surface area is 75.0 Å². The van der Waals surface area contributed by atoms with Crippen LogP contribution in [0.2, 0.25) is 0 Å². The van der Waals surface area contributed by atoms with Gasteiger partial charge in [0.1, 0.15) is 0 Å². The molecule has 1 unspecified atom stereocenters. The van der Waals surface area contributed by atoms with E-state index in [0.29, 0.717) is 0 Å². The molecule has 1 aliphatic carbocycles. The van der Waals surface area contributed by atoms with Gasteiger partial charge in [0.25, 0.3) is 0 Å². The van der Waals surface area contributed by atoms with E-state index in [0.717, 1.165) is 6.42 Å². The molecule has 0 aliphatic heterocycles. The second-order valence-electron chi connectivity index (χ2n) is 3.19. The molecule has 1 rings (SSSR count). The first kappa shape index (κ1) is 10.3. The fourth-order valence-electron chi connectivity index (χ4n) is 1.14. The van der Waals surface area contributed by atoms with Crippen LogP contribution in [0.4, 0.5) is 0 Å². The van der Waals surface area contributed by atoms with Crippen LogP contribution >= 0.6 is 0 Å². The molecule has 1 nitrogen and oxygen atoms in total. The summed E-state index contributed by atoms with van der Waals surface area (Å²) in [5, 5.41) is 0. The van der Waals surface area contributed by atoms with Gasteiger partial charge in [0.15, 0.2) is 0 Å². The van der Waals surface area contributed by atoms with E-state index < -0.39 is 0 Å². The average Bonchev–Trinajstić information content (AvgIpc) is 2.08. The topological polar surface area (TPSA) is 9.23 Å². The Balaban J connectivity index is 0.000000810. The van der Waals surface area contributed by atoms with E-state index in [4.69, 9.17) is 4.74 Å². The molecule has 0 heterocycles. The number of allylic oxidation sites excluding steroid dienone is 1. The monoisotopic (exact) mass is 132 g/mol. The normalized spacial score (nSPS) is 28.1. The van der Waals surface area contributed by atoms with Crippen molar-refractivity contribution in [3.05, 3.63) is 12.2 Å². The van der Waals surface area contributed by atoms with Crippen LogP contribution < -0.4 is 18.9 Å². The van der Waals surface area contributed by atoms with Crippen LogP contribution in [-0.4, -0.2) is 13.2 Å². The van der Waals surface area contributed by atoms with Crippen LogP contribution in [-0.2, 0) is 4.74 Å². The second-order valence-corrected chi connectivity index (χ2v) is 3.19. The van der Waals surface area contributed by atoms with Gasteiger partial charge in [-0.05, 0) is 5.41 Å². The Morgan fingerprint density at radius 1 is 1.60 bits per heavy atom. The van der Waals surface area contributed by atoms with Gasteiger partial charge in [-0.2, -0.15) is 6.42 Å². The maximum Gasteiger partial charge on any atom is 1.00 e. The summed E-state index contributed by atoms with van der Waals surface area (Å²) in [4.78, 5) is 0. The first-order valence-electron chi connectivity index (χ1n) is 3.26. The summed E-state index contributed by atoms with van der Waals surface area (Å²) in [7, 11) is 1.75. The Hall–Kier alpha value is 0.297. The molecule has 0 fully saturated rings. The molecule has 0 aromatic carbocycles. The van der Waals surface area contributed by atoms with Crippen molar-refractivity contribution >= 4 is 0 Å². The molecule has 0 N–H and O–H groups in total. The molecule has 0 spiro atoms. The fraction of sp³-hybridized carbons (Fsp3) is 0.750. The zero-order valence-electron chi connectivity index (χ0n) is 7.27. The number of rotatable bonds is 1. The third-order valence-corrected chi connectivity index (χ3v) is 1.85. The van der Waals surface area contributed by atoms with E-state index in [1.165, 1.54) is 0 Å². The molecular formula is C8H13LiO. The van der Waals surface area contributed by atoms with Crippen LogP contribution in [0.1, 0.15) is 20.3 Å². The summed E-state index contributed by atoms with van der Waals surface area (Å²) in [6.45, 7) is 4.38. The number of hydrogen-bond donors (Lipinski definition) is 0. The smallest absolute Gasteiger partial charge is 0.497 e. The second kappa shape index (κ2) is 3.62. The predicted octanol–water partition coefficient (Wildman–Crippen LogP) is -1.21. The van der Waals surface area contributed by atoms with Gasteiger partial charge in [-0.25, -0.2) is 6.08 Å². The molecule has 1 aliphatic rings. The molecule has 10 heavy (non-hydrogen) atoms. The van der Waals surface area contributed by atoms with E-state index >= 15 is 0 Å². The molecule has 0 bridgehead atoms. The van der Waals surface area contributed by atoms with Crippen molar-refractivity contribution in [1.29, 1.82) is 0 Å². The molecule has 1 atom stereocenters. The first-order chi connectivity index (χ1) is 4.17. The van der Waals surface area contributed by atoms with E-state index in [-0.39, 0.29) is 30.4 Å². The van der Waals surface area contributed by atoms with E-state index in [1.54, 1.807) is 7.11 Å². The number of methoxy groups -OCH3 is 1. The number of hydrogen-bond acceptors (Lipinski definition) is 1. The van der Waals surface area contributed by atoms with Crippen molar-refractivity contribution in [2.45, 2.75) is 26.4 Å². The van der Waals surface area contributed by atoms with Crippen molar-refractivity contribution in [2.24, 2.45) is 5.41 Å². The van der Waals surface area contributed by atoms with E-state index in [1.807, 2.05) is 6.08 Å². The number of ether oxygens (including phenoxy) is 1. The minimum atomic E-state index is 0. The molecule has 0 amide bonds. The third-order valence-electron chi connectivity index (χ3n) is 1.85. The van der Waals surface area contributed by atoms with Gasteiger partial charge in [0.2, 0.25) is 0 Å². The SMILES string of the molecule is COC1C=[C-]CC1(C)C.[Li+]. The summed E-state index contributed by atoms with van der Waals surface area (Å²) in [5.74, 6) is 0. The van der Waals surface area contributed by atoms with Crippen LogP contribution in [0, 0.1) is 11.5 Å². The molecule has 0 aromatic heterocycles. The van der Waals surface area contributed by atoms with Crippen LogP contribution in [0.5, 0.6) is 0 Å². The molecule has 0 aromatic rings. The summed E-state index contributed by atoms with van der Waals surface area (Å²) in [5.41, 5.74) is 0.273. The zero-order chi connectivity index (χ0) is 6.91. The predicted molar refractivity (Wildman–Crippen MR) is 37.0 cm³/mol. The summed E-state index contributed by atoms with van der Waals surface area (Å²) in [6, 6.07) is 0. The van der Waals surface area contributed by atoms with Gasteiger partial charge in [-0.3, -0.25) is 0 Å². The van der Waals surface area contributed by atoms with Crippen molar-refractivity contribution in [3.63, 3.8) is 0 Å². The fourth-order valence-corrected chi connectivity index (χ4v) is 1.14. The average molecular weight is 132 g/mol. The van der Waals surface area contributed by atoms with Gasteiger partial charge in [0.05, 0.1) is 0 Å². The zero-order valence-corrected chi connectivity index (χ0v) is 7.27. The quantitative estimate of drug-likeness (QED) is 0.321. The minimum absolute atomic E-state index is 0. The van der Waals surface area contributed by atoms with Gasteiger partial charge in [0, 0.05) is 13.2 Å². The Kier molecular flexibility index (Phi) is 3.73. The molecule has 52 valence electrons. The van der Waals surface area contributed by atoms with E-state index in [2.05, 4.69) is 19.9 Å². The largest absolute Gasteiger partial charge is 1.00 e. The van der Waals surface area contributed by atoms with Gasteiger partial charge in [-0.1, -0.05) is 13.8 Å². The van der Waals surface area contributed by atoms with Gasteiger partial charge >= 0.3 is 18.9 Å².